The number of carbonyl (C=O) groups excluding carboxylic acids is 2. The van der Waals surface area contributed by atoms with Crippen LogP contribution in [0.4, 0.5) is 0 Å². The Kier molecular flexibility index (Phi) is 5.28. The number of alkyl halides is 4. The lowest BCUT2D eigenvalue weighted by molar-refractivity contribution is -0.251. The molecule has 4 nitrogen and oxygen atoms in total. The third-order valence-electron chi connectivity index (χ3n) is 2.87. The van der Waals surface area contributed by atoms with Crippen LogP contribution in [-0.4, -0.2) is 20.6 Å². The summed E-state index contributed by atoms with van der Waals surface area (Å²) in [4.78, 5) is 32.4. The van der Waals surface area contributed by atoms with E-state index < -0.39 is 20.6 Å². The summed E-state index contributed by atoms with van der Waals surface area (Å²) in [6, 6.07) is 0. The van der Waals surface area contributed by atoms with E-state index >= 15 is 0 Å². The molecule has 0 amide bonds. The van der Waals surface area contributed by atoms with E-state index in [1.54, 1.807) is 0 Å². The molecule has 2 aliphatic carbocycles. The van der Waals surface area contributed by atoms with Gasteiger partial charge in [-0.25, -0.2) is 19.4 Å². The van der Waals surface area contributed by atoms with Crippen molar-refractivity contribution in [2.75, 3.05) is 0 Å². The molecule has 0 atom stereocenters. The largest absolute Gasteiger partial charge is 0.386 e. The van der Waals surface area contributed by atoms with Crippen LogP contribution in [0.3, 0.4) is 0 Å². The Morgan fingerprint density at radius 2 is 1.18 bits per heavy atom. The molecule has 0 spiro atoms. The molecule has 2 rings (SSSR count). The SMILES string of the molecule is O=C(OOC(=O)C1=CCC(Cl)(Cl)C=C1)C1=CCC(Cl)(Cl)C=C1. The lowest BCUT2D eigenvalue weighted by atomic mass is 10.1. The molecule has 0 heterocycles. The van der Waals surface area contributed by atoms with Crippen molar-refractivity contribution in [2.24, 2.45) is 0 Å². The van der Waals surface area contributed by atoms with Crippen LogP contribution < -0.4 is 0 Å². The molecule has 0 radical (unpaired) electrons. The maximum absolute atomic E-state index is 11.7. The van der Waals surface area contributed by atoms with Crippen LogP contribution in [0.2, 0.25) is 0 Å². The van der Waals surface area contributed by atoms with Crippen molar-refractivity contribution < 1.29 is 19.4 Å². The molecule has 0 saturated carbocycles. The Hall–Kier alpha value is -0.940. The van der Waals surface area contributed by atoms with Crippen LogP contribution in [0, 0.1) is 0 Å². The third kappa shape index (κ3) is 4.78. The first-order valence-electron chi connectivity index (χ1n) is 6.16. The molecule has 0 bridgehead atoms. The fraction of sp³-hybridized carbons (Fsp3) is 0.286. The Morgan fingerprint density at radius 3 is 1.45 bits per heavy atom. The third-order valence-corrected chi connectivity index (χ3v) is 3.99. The summed E-state index contributed by atoms with van der Waals surface area (Å²) in [6.45, 7) is 0. The summed E-state index contributed by atoms with van der Waals surface area (Å²) < 4.78 is -2.10. The van der Waals surface area contributed by atoms with Crippen molar-refractivity contribution in [2.45, 2.75) is 21.5 Å². The molecule has 0 N–H and O–H groups in total. The number of hydrogen-bond donors (Lipinski definition) is 0. The molecule has 0 fully saturated rings. The number of halogens is 4. The lowest BCUT2D eigenvalue weighted by Crippen LogP contribution is -2.19. The second kappa shape index (κ2) is 6.67. The van der Waals surface area contributed by atoms with Crippen LogP contribution in [0.5, 0.6) is 0 Å². The number of hydrogen-bond acceptors (Lipinski definition) is 4. The minimum absolute atomic E-state index is 0.193. The summed E-state index contributed by atoms with van der Waals surface area (Å²) >= 11 is 23.4. The first kappa shape index (κ1) is 17.4. The van der Waals surface area contributed by atoms with Gasteiger partial charge in [0.25, 0.3) is 0 Å². The van der Waals surface area contributed by atoms with Crippen molar-refractivity contribution in [1.29, 1.82) is 0 Å². The molecule has 0 unspecified atom stereocenters. The zero-order chi connectivity index (χ0) is 16.4. The number of rotatable bonds is 2. The fourth-order valence-corrected chi connectivity index (χ4v) is 2.22. The summed E-state index contributed by atoms with van der Waals surface area (Å²) in [5.74, 6) is -1.64. The molecule has 8 heteroatoms. The maximum Gasteiger partial charge on any atom is 0.386 e. The first-order valence-corrected chi connectivity index (χ1v) is 7.67. The van der Waals surface area contributed by atoms with Gasteiger partial charge >= 0.3 is 11.9 Å². The van der Waals surface area contributed by atoms with E-state index in [1.165, 1.54) is 36.5 Å². The van der Waals surface area contributed by atoms with Gasteiger partial charge in [0, 0.05) is 12.8 Å². The minimum atomic E-state index is -1.05. The highest BCUT2D eigenvalue weighted by atomic mass is 35.5. The van der Waals surface area contributed by atoms with Gasteiger partial charge in [0.15, 0.2) is 0 Å². The van der Waals surface area contributed by atoms with Gasteiger partial charge in [0.1, 0.15) is 8.67 Å². The monoisotopic (exact) mass is 382 g/mol. The predicted octanol–water partition coefficient (Wildman–Crippen LogP) is 4.11. The first-order chi connectivity index (χ1) is 10.2. The average molecular weight is 384 g/mol. The average Bonchev–Trinajstić information content (AvgIpc) is 2.44. The Bertz CT molecular complexity index is 560. The Labute approximate surface area is 146 Å². The summed E-state index contributed by atoms with van der Waals surface area (Å²) in [7, 11) is 0. The van der Waals surface area contributed by atoms with Crippen molar-refractivity contribution in [3.63, 3.8) is 0 Å². The highest BCUT2D eigenvalue weighted by molar-refractivity contribution is 6.50. The standard InChI is InChI=1S/C14H10Cl4O4/c15-13(16)5-1-9(2-6-13)11(19)21-22-12(20)10-3-7-14(17,18)8-4-10/h1-5,7H,6,8H2. The predicted molar refractivity (Wildman–Crippen MR) is 84.7 cm³/mol. The topological polar surface area (TPSA) is 52.6 Å². The van der Waals surface area contributed by atoms with E-state index in [9.17, 15) is 9.59 Å². The minimum Gasteiger partial charge on any atom is -0.242 e. The van der Waals surface area contributed by atoms with Crippen LogP contribution in [-0.2, 0) is 19.4 Å². The van der Waals surface area contributed by atoms with Gasteiger partial charge < -0.3 is 0 Å². The molecule has 0 saturated heterocycles. The van der Waals surface area contributed by atoms with Crippen LogP contribution in [0.1, 0.15) is 12.8 Å². The van der Waals surface area contributed by atoms with Gasteiger partial charge in [0.05, 0.1) is 11.1 Å². The molecule has 0 aromatic heterocycles. The molecule has 0 aromatic carbocycles. The van der Waals surface area contributed by atoms with E-state index in [0.717, 1.165) is 0 Å². The Morgan fingerprint density at radius 1 is 0.818 bits per heavy atom. The van der Waals surface area contributed by atoms with Gasteiger partial charge in [-0.15, -0.1) is 0 Å². The van der Waals surface area contributed by atoms with E-state index in [2.05, 4.69) is 9.78 Å². The van der Waals surface area contributed by atoms with Crippen molar-refractivity contribution in [1.82, 2.24) is 0 Å². The molecule has 0 aliphatic heterocycles. The van der Waals surface area contributed by atoms with Gasteiger partial charge in [0.2, 0.25) is 0 Å². The summed E-state index contributed by atoms with van der Waals surface area (Å²) in [6.07, 6.45) is 9.15. The van der Waals surface area contributed by atoms with Crippen molar-refractivity contribution in [3.8, 4) is 0 Å². The lowest BCUT2D eigenvalue weighted by Gasteiger charge is -2.17. The van der Waals surface area contributed by atoms with Crippen LogP contribution in [0.25, 0.3) is 0 Å². The fourth-order valence-electron chi connectivity index (χ4n) is 1.66. The van der Waals surface area contributed by atoms with E-state index in [1.807, 2.05) is 0 Å². The highest BCUT2D eigenvalue weighted by Crippen LogP contribution is 2.33. The smallest absolute Gasteiger partial charge is 0.242 e. The molecule has 22 heavy (non-hydrogen) atoms. The highest BCUT2D eigenvalue weighted by Gasteiger charge is 2.27. The zero-order valence-corrected chi connectivity index (χ0v) is 14.0. The molecular formula is C14H10Cl4O4. The molecule has 2 aliphatic rings. The zero-order valence-electron chi connectivity index (χ0n) is 11.0. The number of carbonyl (C=O) groups is 2. The molecule has 118 valence electrons. The van der Waals surface area contributed by atoms with Crippen molar-refractivity contribution >= 4 is 58.3 Å². The van der Waals surface area contributed by atoms with E-state index in [-0.39, 0.29) is 24.0 Å². The second-order valence-electron chi connectivity index (χ2n) is 4.66. The van der Waals surface area contributed by atoms with E-state index in [0.29, 0.717) is 0 Å². The number of allylic oxidation sites excluding steroid dienone is 4. The Balaban J connectivity index is 1.86. The summed E-state index contributed by atoms with van der Waals surface area (Å²) in [5.41, 5.74) is 0.386. The van der Waals surface area contributed by atoms with Crippen LogP contribution in [0.15, 0.2) is 47.6 Å². The molecular weight excluding hydrogens is 374 g/mol. The van der Waals surface area contributed by atoms with E-state index in [4.69, 9.17) is 46.4 Å². The van der Waals surface area contributed by atoms with Gasteiger partial charge in [-0.05, 0) is 24.3 Å². The molecule has 0 aromatic rings. The van der Waals surface area contributed by atoms with Crippen LogP contribution >= 0.6 is 46.4 Å². The quantitative estimate of drug-likeness (QED) is 0.409. The van der Waals surface area contributed by atoms with Gasteiger partial charge in [-0.2, -0.15) is 0 Å². The van der Waals surface area contributed by atoms with Crippen molar-refractivity contribution in [3.05, 3.63) is 47.6 Å². The normalized spacial score (nSPS) is 21.6. The summed E-state index contributed by atoms with van der Waals surface area (Å²) in [5, 5.41) is 0. The van der Waals surface area contributed by atoms with Gasteiger partial charge in [-0.3, -0.25) is 0 Å². The maximum atomic E-state index is 11.7. The second-order valence-corrected chi connectivity index (χ2v) is 7.74. The van der Waals surface area contributed by atoms with Gasteiger partial charge in [-0.1, -0.05) is 58.6 Å².